The van der Waals surface area contributed by atoms with Crippen LogP contribution in [0.2, 0.25) is 0 Å². The van der Waals surface area contributed by atoms with Crippen molar-refractivity contribution in [3.05, 3.63) is 64.4 Å². The van der Waals surface area contributed by atoms with Crippen molar-refractivity contribution in [3.8, 4) is 0 Å². The van der Waals surface area contributed by atoms with Gasteiger partial charge in [-0.2, -0.15) is 0 Å². The Kier molecular flexibility index (Phi) is 5.94. The van der Waals surface area contributed by atoms with Gasteiger partial charge in [0.15, 0.2) is 0 Å². The molecule has 0 radical (unpaired) electrons. The van der Waals surface area contributed by atoms with Gasteiger partial charge in [0.05, 0.1) is 42.2 Å². The van der Waals surface area contributed by atoms with Gasteiger partial charge in [0.25, 0.3) is 5.56 Å². The second-order valence-corrected chi connectivity index (χ2v) is 10.3. The van der Waals surface area contributed by atoms with Crippen LogP contribution >= 0.6 is 11.8 Å². The molecule has 0 aliphatic carbocycles. The van der Waals surface area contributed by atoms with Gasteiger partial charge in [-0.1, -0.05) is 18.2 Å². The molecule has 186 valence electrons. The smallest absolute Gasteiger partial charge is 0.414 e. The van der Waals surface area contributed by atoms with Crippen LogP contribution in [0.4, 0.5) is 16.2 Å². The highest BCUT2D eigenvalue weighted by molar-refractivity contribution is 8.00. The number of carbonyl (C=O) groups is 2. The van der Waals surface area contributed by atoms with Crippen molar-refractivity contribution in [2.24, 2.45) is 0 Å². The van der Waals surface area contributed by atoms with E-state index in [-0.39, 0.29) is 42.4 Å². The topological polar surface area (TPSA) is 113 Å². The lowest BCUT2D eigenvalue weighted by molar-refractivity contribution is -0.113. The first-order valence-corrected chi connectivity index (χ1v) is 13.1. The summed E-state index contributed by atoms with van der Waals surface area (Å²) in [7, 11) is 0. The van der Waals surface area contributed by atoms with Crippen LogP contribution in [0.5, 0.6) is 0 Å². The number of thioether (sulfide) groups is 1. The van der Waals surface area contributed by atoms with Gasteiger partial charge in [-0.05, 0) is 54.6 Å². The minimum absolute atomic E-state index is 0.0473. The maximum atomic E-state index is 12.5. The standard InChI is InChI=1S/C26H26N4O5S/c31-13-20-24(18-5-1-3-15-6-9-23(33)30(20)25(15)18)27-10-2-4-17-12-29(26(34)35-17)16-7-8-21-19(11-16)28-22(32)14-36-21/h1,3,5-9,11,17,20,24,27,31H,2,4,10,12-14H2,(H,28,32)/t17-,20+,24-/m1/s1. The number of aromatic nitrogens is 1. The van der Waals surface area contributed by atoms with Crippen LogP contribution in [0.3, 0.4) is 0 Å². The molecule has 2 aromatic carbocycles. The second kappa shape index (κ2) is 9.27. The number of para-hydroxylation sites is 1. The summed E-state index contributed by atoms with van der Waals surface area (Å²) in [5.74, 6) is 0.348. The molecule has 36 heavy (non-hydrogen) atoms. The van der Waals surface area contributed by atoms with Gasteiger partial charge in [-0.15, -0.1) is 11.8 Å². The van der Waals surface area contributed by atoms with Gasteiger partial charge in [-0.25, -0.2) is 4.79 Å². The Hall–Kier alpha value is -3.34. The van der Waals surface area contributed by atoms with Crippen LogP contribution in [-0.2, 0) is 9.53 Å². The zero-order chi connectivity index (χ0) is 24.8. The molecule has 0 spiro atoms. The zero-order valence-electron chi connectivity index (χ0n) is 19.5. The molecule has 2 amide bonds. The van der Waals surface area contributed by atoms with Crippen molar-refractivity contribution >= 4 is 46.0 Å². The monoisotopic (exact) mass is 506 g/mol. The summed E-state index contributed by atoms with van der Waals surface area (Å²) in [5, 5.41) is 17.4. The summed E-state index contributed by atoms with van der Waals surface area (Å²) in [6.45, 7) is 0.957. The molecule has 3 N–H and O–H groups in total. The quantitative estimate of drug-likeness (QED) is 0.422. The lowest BCUT2D eigenvalue weighted by Gasteiger charge is -2.22. The Morgan fingerprint density at radius 1 is 1.14 bits per heavy atom. The van der Waals surface area contributed by atoms with Gasteiger partial charge >= 0.3 is 6.09 Å². The van der Waals surface area contributed by atoms with Crippen molar-refractivity contribution < 1.29 is 19.4 Å². The SMILES string of the molecule is O=C1CSc2ccc(N3C[C@@H](CCCN[C@@H]4c5cccc6ccc(=O)n(c56)[C@H]4CO)OC3=O)cc2N1. The maximum Gasteiger partial charge on any atom is 0.414 e. The van der Waals surface area contributed by atoms with Crippen LogP contribution in [0.25, 0.3) is 10.9 Å². The molecule has 3 aliphatic heterocycles. The average molecular weight is 507 g/mol. The molecule has 0 unspecified atom stereocenters. The highest BCUT2D eigenvalue weighted by Gasteiger charge is 2.35. The fraction of sp³-hybridized carbons (Fsp3) is 0.346. The van der Waals surface area contributed by atoms with E-state index < -0.39 is 0 Å². The largest absolute Gasteiger partial charge is 0.444 e. The first-order valence-electron chi connectivity index (χ1n) is 12.1. The highest BCUT2D eigenvalue weighted by Crippen LogP contribution is 2.39. The molecule has 4 heterocycles. The van der Waals surface area contributed by atoms with E-state index in [0.717, 1.165) is 33.5 Å². The van der Waals surface area contributed by atoms with Gasteiger partial charge in [0.1, 0.15) is 6.10 Å². The molecule has 10 heteroatoms. The molecule has 6 rings (SSSR count). The molecule has 1 saturated heterocycles. The zero-order valence-corrected chi connectivity index (χ0v) is 20.3. The minimum atomic E-state index is -0.389. The van der Waals surface area contributed by atoms with Gasteiger partial charge < -0.3 is 25.0 Å². The summed E-state index contributed by atoms with van der Waals surface area (Å²) in [6, 6.07) is 14.4. The minimum Gasteiger partial charge on any atom is -0.444 e. The summed E-state index contributed by atoms with van der Waals surface area (Å²) in [5.41, 5.74) is 3.20. The Balaban J connectivity index is 1.08. The van der Waals surface area contributed by atoms with E-state index in [4.69, 9.17) is 4.74 Å². The van der Waals surface area contributed by atoms with E-state index >= 15 is 0 Å². The molecule has 3 aromatic rings. The summed E-state index contributed by atoms with van der Waals surface area (Å²) in [6.07, 6.45) is 0.818. The first kappa shape index (κ1) is 23.1. The first-order chi connectivity index (χ1) is 17.5. The number of fused-ring (bicyclic) bond motifs is 1. The van der Waals surface area contributed by atoms with E-state index in [1.54, 1.807) is 15.5 Å². The van der Waals surface area contributed by atoms with E-state index in [0.29, 0.717) is 31.0 Å². The summed E-state index contributed by atoms with van der Waals surface area (Å²) < 4.78 is 7.30. The number of carbonyl (C=O) groups excluding carboxylic acids is 2. The van der Waals surface area contributed by atoms with Crippen LogP contribution in [0.1, 0.15) is 30.5 Å². The van der Waals surface area contributed by atoms with Crippen LogP contribution in [0.15, 0.2) is 58.2 Å². The molecule has 0 bridgehead atoms. The fourth-order valence-electron chi connectivity index (χ4n) is 5.42. The van der Waals surface area contributed by atoms with Crippen LogP contribution in [-0.4, -0.2) is 53.2 Å². The molecule has 9 nitrogen and oxygen atoms in total. The number of amides is 2. The molecule has 1 fully saturated rings. The molecule has 1 aromatic heterocycles. The van der Waals surface area contributed by atoms with Crippen molar-refractivity contribution in [2.45, 2.75) is 35.9 Å². The molecular formula is C26H26N4O5S. The number of aliphatic hydroxyl groups is 1. The average Bonchev–Trinajstić information content (AvgIpc) is 3.42. The maximum absolute atomic E-state index is 12.5. The predicted molar refractivity (Wildman–Crippen MR) is 138 cm³/mol. The second-order valence-electron chi connectivity index (χ2n) is 9.28. The lowest BCUT2D eigenvalue weighted by atomic mass is 10.0. The normalized spacial score (nSPS) is 22.6. The number of ether oxygens (including phenoxy) is 1. The number of cyclic esters (lactones) is 1. The third-order valence-electron chi connectivity index (χ3n) is 7.07. The van der Waals surface area contributed by atoms with Crippen molar-refractivity contribution in [1.29, 1.82) is 0 Å². The van der Waals surface area contributed by atoms with Crippen molar-refractivity contribution in [1.82, 2.24) is 9.88 Å². The van der Waals surface area contributed by atoms with E-state index in [2.05, 4.69) is 10.6 Å². The molecule has 3 aliphatic rings. The fourth-order valence-corrected chi connectivity index (χ4v) is 6.21. The van der Waals surface area contributed by atoms with Gasteiger partial charge in [-0.3, -0.25) is 14.5 Å². The number of benzene rings is 2. The Bertz CT molecular complexity index is 1420. The lowest BCUT2D eigenvalue weighted by Crippen LogP contribution is -2.33. The van der Waals surface area contributed by atoms with Gasteiger partial charge in [0, 0.05) is 16.6 Å². The van der Waals surface area contributed by atoms with Crippen LogP contribution in [0, 0.1) is 0 Å². The molecule has 3 atom stereocenters. The van der Waals surface area contributed by atoms with Gasteiger partial charge in [0.2, 0.25) is 5.91 Å². The number of rotatable bonds is 7. The van der Waals surface area contributed by atoms with E-state index in [1.165, 1.54) is 11.8 Å². The van der Waals surface area contributed by atoms with Crippen molar-refractivity contribution in [2.75, 3.05) is 35.7 Å². The van der Waals surface area contributed by atoms with Crippen LogP contribution < -0.4 is 21.1 Å². The number of hydrogen-bond acceptors (Lipinski definition) is 7. The Labute approximate surface area is 211 Å². The Morgan fingerprint density at radius 2 is 2.03 bits per heavy atom. The third kappa shape index (κ3) is 3.95. The van der Waals surface area contributed by atoms with E-state index in [9.17, 15) is 19.5 Å². The number of nitrogens with zero attached hydrogens (tertiary/aromatic N) is 2. The Morgan fingerprint density at radius 3 is 2.89 bits per heavy atom. The number of pyridine rings is 1. The summed E-state index contributed by atoms with van der Waals surface area (Å²) >= 11 is 1.48. The number of anilines is 2. The number of hydrogen-bond donors (Lipinski definition) is 3. The summed E-state index contributed by atoms with van der Waals surface area (Å²) in [4.78, 5) is 39.4. The van der Waals surface area contributed by atoms with E-state index in [1.807, 2.05) is 42.5 Å². The highest BCUT2D eigenvalue weighted by atomic mass is 32.2. The molecular weight excluding hydrogens is 480 g/mol. The predicted octanol–water partition coefficient (Wildman–Crippen LogP) is 3.03. The number of aliphatic hydroxyl groups excluding tert-OH is 1. The molecule has 0 saturated carbocycles. The number of nitrogens with one attached hydrogen (secondary N) is 2. The third-order valence-corrected chi connectivity index (χ3v) is 8.14. The van der Waals surface area contributed by atoms with Crippen molar-refractivity contribution in [3.63, 3.8) is 0 Å².